The van der Waals surface area contributed by atoms with Crippen LogP contribution in [0.2, 0.25) is 0 Å². The number of carbonyl (C=O) groups is 1. The zero-order valence-electron chi connectivity index (χ0n) is 22.1. The molecular weight excluding hydrogens is 488 g/mol. The van der Waals surface area contributed by atoms with E-state index in [0.29, 0.717) is 62.4 Å². The number of fused-ring (bicyclic) bond motifs is 1. The average molecular weight is 526 g/mol. The predicted octanol–water partition coefficient (Wildman–Crippen LogP) is 4.53. The van der Waals surface area contributed by atoms with Crippen molar-refractivity contribution >= 4 is 11.7 Å². The number of amides is 1. The van der Waals surface area contributed by atoms with Crippen molar-refractivity contribution in [2.24, 2.45) is 0 Å². The molecule has 9 heteroatoms. The topological polar surface area (TPSA) is 80.2 Å². The molecule has 3 N–H and O–H groups in total. The highest BCUT2D eigenvalue weighted by Gasteiger charge is 2.27. The number of hydrogen-bond acceptors (Lipinski definition) is 5. The minimum Gasteiger partial charge on any atom is -0.380 e. The molecule has 0 saturated heterocycles. The second-order valence-corrected chi connectivity index (χ2v) is 9.63. The molecule has 38 heavy (non-hydrogen) atoms. The summed E-state index contributed by atoms with van der Waals surface area (Å²) in [7, 11) is 0. The van der Waals surface area contributed by atoms with Gasteiger partial charge in [0, 0.05) is 31.8 Å². The van der Waals surface area contributed by atoms with E-state index < -0.39 is 17.7 Å². The van der Waals surface area contributed by atoms with Gasteiger partial charge in [0.05, 0.1) is 24.5 Å². The Morgan fingerprint density at radius 2 is 2.08 bits per heavy atom. The largest absolute Gasteiger partial charge is 0.380 e. The van der Waals surface area contributed by atoms with Gasteiger partial charge >= 0.3 is 0 Å². The van der Waals surface area contributed by atoms with E-state index in [-0.39, 0.29) is 11.9 Å². The number of benzene rings is 2. The number of anilines is 1. The Labute approximate surface area is 223 Å². The van der Waals surface area contributed by atoms with Gasteiger partial charge in [-0.1, -0.05) is 31.5 Å². The Balaban J connectivity index is 1.38. The number of nitrogens with zero attached hydrogens (tertiary/aromatic N) is 2. The molecule has 4 rings (SSSR count). The van der Waals surface area contributed by atoms with Gasteiger partial charge in [0.1, 0.15) is 18.0 Å². The molecule has 1 aromatic heterocycles. The monoisotopic (exact) mass is 525 g/mol. The van der Waals surface area contributed by atoms with E-state index >= 15 is 0 Å². The van der Waals surface area contributed by atoms with Gasteiger partial charge in [-0.2, -0.15) is 0 Å². The van der Waals surface area contributed by atoms with Gasteiger partial charge in [-0.05, 0) is 61.4 Å². The zero-order chi connectivity index (χ0) is 26.9. The number of ether oxygens (including phenoxy) is 1. The average Bonchev–Trinajstić information content (AvgIpc) is 3.37. The summed E-state index contributed by atoms with van der Waals surface area (Å²) in [5.41, 5.74) is 3.34. The summed E-state index contributed by atoms with van der Waals surface area (Å²) in [6, 6.07) is 9.88. The first-order chi connectivity index (χ1) is 18.5. The van der Waals surface area contributed by atoms with Crippen molar-refractivity contribution in [3.05, 3.63) is 77.2 Å². The van der Waals surface area contributed by atoms with Crippen molar-refractivity contribution in [1.82, 2.24) is 20.2 Å². The lowest BCUT2D eigenvalue weighted by atomic mass is 9.87. The van der Waals surface area contributed by atoms with Gasteiger partial charge in [-0.3, -0.25) is 4.79 Å². The highest BCUT2D eigenvalue weighted by molar-refractivity contribution is 5.94. The number of rotatable bonds is 13. The summed E-state index contributed by atoms with van der Waals surface area (Å²) in [5, 5.41) is 9.75. The first kappa shape index (κ1) is 27.9. The predicted molar refractivity (Wildman–Crippen MR) is 144 cm³/mol. The Morgan fingerprint density at radius 3 is 2.89 bits per heavy atom. The van der Waals surface area contributed by atoms with Gasteiger partial charge in [-0.15, -0.1) is 0 Å². The minimum atomic E-state index is -0.546. The second kappa shape index (κ2) is 13.6. The van der Waals surface area contributed by atoms with Crippen molar-refractivity contribution in [2.75, 3.05) is 25.1 Å². The minimum absolute atomic E-state index is 0.0654. The highest BCUT2D eigenvalue weighted by atomic mass is 19.1. The number of carbonyl (C=O) groups excluding carboxylic acids is 1. The lowest BCUT2D eigenvalue weighted by Gasteiger charge is -2.29. The maximum absolute atomic E-state index is 14.4. The summed E-state index contributed by atoms with van der Waals surface area (Å²) in [5.74, 6) is -0.769. The van der Waals surface area contributed by atoms with E-state index in [4.69, 9.17) is 4.74 Å². The molecule has 0 fully saturated rings. The first-order valence-corrected chi connectivity index (χ1v) is 13.4. The molecule has 204 valence electrons. The molecule has 0 aliphatic heterocycles. The zero-order valence-corrected chi connectivity index (χ0v) is 22.1. The second-order valence-electron chi connectivity index (χ2n) is 9.63. The van der Waals surface area contributed by atoms with Crippen LogP contribution in [0.1, 0.15) is 49.8 Å². The Morgan fingerprint density at radius 1 is 1.24 bits per heavy atom. The van der Waals surface area contributed by atoms with Crippen LogP contribution >= 0.6 is 0 Å². The first-order valence-electron chi connectivity index (χ1n) is 13.4. The van der Waals surface area contributed by atoms with E-state index in [1.165, 1.54) is 6.07 Å². The van der Waals surface area contributed by atoms with Gasteiger partial charge in [0.15, 0.2) is 5.82 Å². The number of hydrogen-bond donors (Lipinski definition) is 3. The van der Waals surface area contributed by atoms with Crippen LogP contribution in [0.4, 0.5) is 14.6 Å². The molecule has 1 heterocycles. The fourth-order valence-electron chi connectivity index (χ4n) is 4.95. The van der Waals surface area contributed by atoms with Crippen LogP contribution in [-0.4, -0.2) is 47.3 Å². The molecule has 0 unspecified atom stereocenters. The summed E-state index contributed by atoms with van der Waals surface area (Å²) in [6.07, 6.45) is 6.67. The maximum Gasteiger partial charge on any atom is 0.242 e. The summed E-state index contributed by atoms with van der Waals surface area (Å²) in [4.78, 5) is 17.6. The quantitative estimate of drug-likeness (QED) is 0.286. The number of halogens is 2. The van der Waals surface area contributed by atoms with Crippen molar-refractivity contribution in [2.45, 2.75) is 64.6 Å². The van der Waals surface area contributed by atoms with Gasteiger partial charge in [0.25, 0.3) is 0 Å². The fraction of sp³-hybridized carbons (Fsp3) is 0.448. The van der Waals surface area contributed by atoms with Crippen LogP contribution in [-0.2, 0) is 28.9 Å². The third-order valence-electron chi connectivity index (χ3n) is 6.84. The van der Waals surface area contributed by atoms with Crippen molar-refractivity contribution in [3.63, 3.8) is 0 Å². The maximum atomic E-state index is 14.4. The molecule has 0 saturated carbocycles. The Bertz CT molecular complexity index is 1220. The van der Waals surface area contributed by atoms with Crippen LogP contribution in [0.25, 0.3) is 5.69 Å². The molecule has 2 aromatic carbocycles. The number of aryl methyl sites for hydroxylation is 1. The van der Waals surface area contributed by atoms with Crippen molar-refractivity contribution in [3.8, 4) is 5.69 Å². The van der Waals surface area contributed by atoms with E-state index in [9.17, 15) is 13.6 Å². The Hall–Kier alpha value is -3.14. The number of para-hydroxylation sites is 1. The van der Waals surface area contributed by atoms with E-state index in [2.05, 4.69) is 27.0 Å². The smallest absolute Gasteiger partial charge is 0.242 e. The Kier molecular flexibility index (Phi) is 9.98. The fourth-order valence-corrected chi connectivity index (χ4v) is 4.95. The third kappa shape index (κ3) is 7.24. The third-order valence-corrected chi connectivity index (χ3v) is 6.84. The standard InChI is InChI=1S/C29H37F2N5O2/c1-3-7-26(34-23-11-10-20-14-22(30)15-25(31)24(20)16-23)29(37)35-28-18-36(19-33-28)27-9-6-5-8-21(27)17-32-12-13-38-4-2/h5-6,8-9,14-15,18-19,23,26,32,34H,3-4,7,10-13,16-17H2,1-2H3,(H,35,37)/t23-,26-/m0/s1. The van der Waals surface area contributed by atoms with Gasteiger partial charge < -0.3 is 25.3 Å². The summed E-state index contributed by atoms with van der Waals surface area (Å²) in [6.45, 7) is 6.80. The van der Waals surface area contributed by atoms with Crippen LogP contribution in [0, 0.1) is 11.6 Å². The molecule has 3 aromatic rings. The van der Waals surface area contributed by atoms with Gasteiger partial charge in [0.2, 0.25) is 5.91 Å². The van der Waals surface area contributed by atoms with E-state index in [1.807, 2.05) is 36.6 Å². The normalized spacial score (nSPS) is 15.7. The van der Waals surface area contributed by atoms with Crippen LogP contribution in [0.15, 0.2) is 48.9 Å². The van der Waals surface area contributed by atoms with E-state index in [1.54, 1.807) is 12.5 Å². The lowest BCUT2D eigenvalue weighted by molar-refractivity contribution is -0.118. The molecule has 1 amide bonds. The SMILES string of the molecule is CCC[C@H](N[C@H]1CCc2cc(F)cc(F)c2C1)C(=O)Nc1cn(-c2ccccc2CNCCOCC)cn1. The summed E-state index contributed by atoms with van der Waals surface area (Å²) < 4.78 is 35.2. The molecule has 1 aliphatic rings. The molecule has 1 aliphatic carbocycles. The highest BCUT2D eigenvalue weighted by Crippen LogP contribution is 2.26. The number of nitrogens with one attached hydrogen (secondary N) is 3. The summed E-state index contributed by atoms with van der Waals surface area (Å²) >= 11 is 0. The molecule has 7 nitrogen and oxygen atoms in total. The van der Waals surface area contributed by atoms with Crippen molar-refractivity contribution in [1.29, 1.82) is 0 Å². The molecule has 0 radical (unpaired) electrons. The van der Waals surface area contributed by atoms with Crippen molar-refractivity contribution < 1.29 is 18.3 Å². The molecule has 0 spiro atoms. The van der Waals surface area contributed by atoms with E-state index in [0.717, 1.165) is 30.3 Å². The van der Waals surface area contributed by atoms with Gasteiger partial charge in [-0.25, -0.2) is 13.8 Å². The lowest BCUT2D eigenvalue weighted by Crippen LogP contribution is -2.48. The van der Waals surface area contributed by atoms with Crippen LogP contribution < -0.4 is 16.0 Å². The van der Waals surface area contributed by atoms with Crippen LogP contribution in [0.3, 0.4) is 0 Å². The molecule has 2 atom stereocenters. The molecule has 0 bridgehead atoms. The van der Waals surface area contributed by atoms with Crippen LogP contribution in [0.5, 0.6) is 0 Å². The number of imidazole rings is 1. The number of aromatic nitrogens is 2. The molecular formula is C29H37F2N5O2.